The van der Waals surface area contributed by atoms with Gasteiger partial charge in [-0.3, -0.25) is 4.79 Å². The number of amides is 1. The molecular formula is C9H17N3O2. The Morgan fingerprint density at radius 3 is 3.07 bits per heavy atom. The lowest BCUT2D eigenvalue weighted by Crippen LogP contribution is -2.30. The first kappa shape index (κ1) is 11.0. The molecule has 0 fully saturated rings. The summed E-state index contributed by atoms with van der Waals surface area (Å²) in [6.07, 6.45) is 0.853. The molecule has 1 aliphatic rings. The minimum Gasteiger partial charge on any atom is -0.382 e. The van der Waals surface area contributed by atoms with Gasteiger partial charge in [0.25, 0.3) is 0 Å². The standard InChI is InChI=1S/C9H17N3O2/c1-7(13)12(2)5-8-4-9(6-14-3)11-10-8/h9,11H,4-6H2,1-3H3. The summed E-state index contributed by atoms with van der Waals surface area (Å²) in [5, 5.41) is 4.15. The maximum absolute atomic E-state index is 11.0. The summed E-state index contributed by atoms with van der Waals surface area (Å²) >= 11 is 0. The number of nitrogens with one attached hydrogen (secondary N) is 1. The Kier molecular flexibility index (Phi) is 3.88. The Morgan fingerprint density at radius 1 is 1.79 bits per heavy atom. The molecule has 0 aromatic heterocycles. The number of methoxy groups -OCH3 is 1. The third-order valence-corrected chi connectivity index (χ3v) is 2.21. The average molecular weight is 199 g/mol. The second-order valence-corrected chi connectivity index (χ2v) is 3.54. The highest BCUT2D eigenvalue weighted by Crippen LogP contribution is 2.04. The highest BCUT2D eigenvalue weighted by Gasteiger charge is 2.19. The molecule has 80 valence electrons. The lowest BCUT2D eigenvalue weighted by Gasteiger charge is -2.14. The van der Waals surface area contributed by atoms with Gasteiger partial charge in [0.05, 0.1) is 24.9 Å². The van der Waals surface area contributed by atoms with Gasteiger partial charge < -0.3 is 15.1 Å². The quantitative estimate of drug-likeness (QED) is 0.684. The SMILES string of the molecule is COCC1CC(CN(C)C(C)=O)=NN1. The molecule has 5 nitrogen and oxygen atoms in total. The van der Waals surface area contributed by atoms with Gasteiger partial charge in [-0.15, -0.1) is 0 Å². The van der Waals surface area contributed by atoms with E-state index in [0.717, 1.165) is 12.1 Å². The van der Waals surface area contributed by atoms with E-state index in [1.165, 1.54) is 0 Å². The van der Waals surface area contributed by atoms with Gasteiger partial charge in [-0.25, -0.2) is 0 Å². The first-order valence-corrected chi connectivity index (χ1v) is 4.65. The number of carbonyl (C=O) groups is 1. The van der Waals surface area contributed by atoms with Crippen LogP contribution in [0.15, 0.2) is 5.10 Å². The summed E-state index contributed by atoms with van der Waals surface area (Å²) in [5.74, 6) is 0.0582. The van der Waals surface area contributed by atoms with E-state index in [-0.39, 0.29) is 11.9 Å². The number of ether oxygens (including phenoxy) is 1. The lowest BCUT2D eigenvalue weighted by molar-refractivity contribution is -0.126. The van der Waals surface area contributed by atoms with Gasteiger partial charge in [0, 0.05) is 27.5 Å². The van der Waals surface area contributed by atoms with Crippen LogP contribution in [0.3, 0.4) is 0 Å². The monoisotopic (exact) mass is 199 g/mol. The Bertz CT molecular complexity index is 240. The zero-order valence-electron chi connectivity index (χ0n) is 8.91. The first-order chi connectivity index (χ1) is 6.63. The summed E-state index contributed by atoms with van der Waals surface area (Å²) < 4.78 is 5.01. The predicted molar refractivity (Wildman–Crippen MR) is 54.2 cm³/mol. The smallest absolute Gasteiger partial charge is 0.219 e. The molecule has 0 aliphatic carbocycles. The Balaban J connectivity index is 2.31. The number of carbonyl (C=O) groups excluding carboxylic acids is 1. The van der Waals surface area contributed by atoms with E-state index in [4.69, 9.17) is 4.74 Å². The molecule has 14 heavy (non-hydrogen) atoms. The molecule has 1 atom stereocenters. The van der Waals surface area contributed by atoms with Crippen LogP contribution in [0.5, 0.6) is 0 Å². The van der Waals surface area contributed by atoms with E-state index in [0.29, 0.717) is 13.2 Å². The normalized spacial score (nSPS) is 20.2. The number of nitrogens with zero attached hydrogens (tertiary/aromatic N) is 2. The topological polar surface area (TPSA) is 53.9 Å². The third kappa shape index (κ3) is 2.99. The summed E-state index contributed by atoms with van der Waals surface area (Å²) in [6, 6.07) is 0.260. The molecule has 0 bridgehead atoms. The molecule has 1 rings (SSSR count). The van der Waals surface area contributed by atoms with Crippen LogP contribution in [-0.4, -0.2) is 49.9 Å². The largest absolute Gasteiger partial charge is 0.382 e. The van der Waals surface area contributed by atoms with Crippen LogP contribution < -0.4 is 5.43 Å². The van der Waals surface area contributed by atoms with Crippen LogP contribution in [0.1, 0.15) is 13.3 Å². The zero-order valence-corrected chi connectivity index (χ0v) is 8.91. The Labute approximate surface area is 84.1 Å². The van der Waals surface area contributed by atoms with Crippen LogP contribution in [0.2, 0.25) is 0 Å². The van der Waals surface area contributed by atoms with Crippen molar-refractivity contribution in [3.8, 4) is 0 Å². The predicted octanol–water partition coefficient (Wildman–Crippen LogP) is -0.171. The number of rotatable bonds is 4. The third-order valence-electron chi connectivity index (χ3n) is 2.21. The van der Waals surface area contributed by atoms with Crippen molar-refractivity contribution in [2.24, 2.45) is 5.10 Å². The highest BCUT2D eigenvalue weighted by atomic mass is 16.5. The Morgan fingerprint density at radius 2 is 2.50 bits per heavy atom. The van der Waals surface area contributed by atoms with Crippen molar-refractivity contribution in [2.75, 3.05) is 27.3 Å². The summed E-state index contributed by atoms with van der Waals surface area (Å²) in [4.78, 5) is 12.6. The lowest BCUT2D eigenvalue weighted by atomic mass is 10.1. The molecule has 0 aromatic carbocycles. The van der Waals surface area contributed by atoms with Gasteiger partial charge in [0.2, 0.25) is 5.91 Å². The molecule has 1 amide bonds. The second kappa shape index (κ2) is 4.95. The summed E-state index contributed by atoms with van der Waals surface area (Å²) in [7, 11) is 3.44. The number of hydrogen-bond donors (Lipinski definition) is 1. The first-order valence-electron chi connectivity index (χ1n) is 4.65. The fourth-order valence-electron chi connectivity index (χ4n) is 1.34. The van der Waals surface area contributed by atoms with E-state index in [9.17, 15) is 4.79 Å². The highest BCUT2D eigenvalue weighted by molar-refractivity contribution is 5.90. The molecule has 0 radical (unpaired) electrons. The molecule has 0 aromatic rings. The molecule has 1 N–H and O–H groups in total. The summed E-state index contributed by atoms with van der Waals surface area (Å²) in [6.45, 7) is 2.80. The zero-order chi connectivity index (χ0) is 10.6. The van der Waals surface area contributed by atoms with E-state index in [1.54, 1.807) is 26.0 Å². The molecular weight excluding hydrogens is 182 g/mol. The second-order valence-electron chi connectivity index (χ2n) is 3.54. The number of hydrazone groups is 1. The van der Waals surface area contributed by atoms with E-state index in [2.05, 4.69) is 10.5 Å². The van der Waals surface area contributed by atoms with E-state index >= 15 is 0 Å². The van der Waals surface area contributed by atoms with E-state index < -0.39 is 0 Å². The maximum Gasteiger partial charge on any atom is 0.219 e. The van der Waals surface area contributed by atoms with Crippen LogP contribution in [0, 0.1) is 0 Å². The van der Waals surface area contributed by atoms with Crippen LogP contribution in [0.4, 0.5) is 0 Å². The van der Waals surface area contributed by atoms with Gasteiger partial charge in [-0.1, -0.05) is 0 Å². The minimum absolute atomic E-state index is 0.0582. The maximum atomic E-state index is 11.0. The summed E-state index contributed by atoms with van der Waals surface area (Å²) in [5.41, 5.74) is 3.98. The molecule has 1 heterocycles. The Hall–Kier alpha value is -1.10. The van der Waals surface area contributed by atoms with Crippen LogP contribution in [-0.2, 0) is 9.53 Å². The van der Waals surface area contributed by atoms with E-state index in [1.807, 2.05) is 0 Å². The average Bonchev–Trinajstić information content (AvgIpc) is 2.53. The van der Waals surface area contributed by atoms with Gasteiger partial charge in [0.15, 0.2) is 0 Å². The van der Waals surface area contributed by atoms with Crippen LogP contribution >= 0.6 is 0 Å². The molecule has 0 saturated carbocycles. The fourth-order valence-corrected chi connectivity index (χ4v) is 1.34. The van der Waals surface area contributed by atoms with Gasteiger partial charge >= 0.3 is 0 Å². The fraction of sp³-hybridized carbons (Fsp3) is 0.778. The molecule has 0 saturated heterocycles. The van der Waals surface area contributed by atoms with Crippen molar-refractivity contribution in [1.82, 2.24) is 10.3 Å². The van der Waals surface area contributed by atoms with Crippen molar-refractivity contribution >= 4 is 11.6 Å². The van der Waals surface area contributed by atoms with Gasteiger partial charge in [0.1, 0.15) is 0 Å². The van der Waals surface area contributed by atoms with Gasteiger partial charge in [-0.2, -0.15) is 5.10 Å². The molecule has 1 aliphatic heterocycles. The van der Waals surface area contributed by atoms with Crippen molar-refractivity contribution < 1.29 is 9.53 Å². The van der Waals surface area contributed by atoms with Gasteiger partial charge in [-0.05, 0) is 0 Å². The molecule has 0 spiro atoms. The van der Waals surface area contributed by atoms with Crippen LogP contribution in [0.25, 0.3) is 0 Å². The number of hydrogen-bond acceptors (Lipinski definition) is 4. The van der Waals surface area contributed by atoms with Crippen molar-refractivity contribution in [3.63, 3.8) is 0 Å². The molecule has 5 heteroatoms. The van der Waals surface area contributed by atoms with Crippen molar-refractivity contribution in [1.29, 1.82) is 0 Å². The van der Waals surface area contributed by atoms with Crippen molar-refractivity contribution in [3.05, 3.63) is 0 Å². The molecule has 1 unspecified atom stereocenters. The van der Waals surface area contributed by atoms with Crippen molar-refractivity contribution in [2.45, 2.75) is 19.4 Å². The minimum atomic E-state index is 0.0582.